The van der Waals surface area contributed by atoms with Crippen molar-refractivity contribution in [3.05, 3.63) is 35.7 Å². The highest BCUT2D eigenvalue weighted by Crippen LogP contribution is 2.33. The van der Waals surface area contributed by atoms with Gasteiger partial charge in [0.25, 0.3) is 0 Å². The standard InChI is InChI=1S/C25H35N7O6/c1-24(2,3)37-20(33)12-11-16(27-23(36)38-25(4,5)6)22(35)32-17-10-8-7-9-15(17)13-18(32)21(34)26-14-19-28-30-31-29-19/h7-10,16,18H,11-14H2,1-6H3,(H,26,34)(H,27,36)(H,28,29,30,31). The molecule has 2 atom stereocenters. The molecule has 3 rings (SSSR count). The first-order valence-electron chi connectivity index (χ1n) is 12.4. The molecule has 1 aromatic heterocycles. The van der Waals surface area contributed by atoms with Crippen molar-refractivity contribution in [2.45, 2.75) is 90.6 Å². The quantitative estimate of drug-likeness (QED) is 0.432. The Labute approximate surface area is 221 Å². The first-order chi connectivity index (χ1) is 17.7. The summed E-state index contributed by atoms with van der Waals surface area (Å²) in [5, 5.41) is 18.7. The maximum absolute atomic E-state index is 13.9. The Hall–Kier alpha value is -4.03. The highest BCUT2D eigenvalue weighted by atomic mass is 16.6. The Morgan fingerprint density at radius 1 is 1.08 bits per heavy atom. The van der Waals surface area contributed by atoms with Crippen molar-refractivity contribution in [1.29, 1.82) is 0 Å². The Kier molecular flexibility index (Phi) is 8.69. The smallest absolute Gasteiger partial charge is 0.408 e. The van der Waals surface area contributed by atoms with Crippen molar-refractivity contribution >= 4 is 29.6 Å². The lowest BCUT2D eigenvalue weighted by molar-refractivity contribution is -0.155. The number of aromatic nitrogens is 4. The zero-order chi connectivity index (χ0) is 28.1. The summed E-state index contributed by atoms with van der Waals surface area (Å²) in [5.74, 6) is -1.21. The van der Waals surface area contributed by atoms with Gasteiger partial charge in [0.1, 0.15) is 23.3 Å². The van der Waals surface area contributed by atoms with E-state index in [1.807, 2.05) is 12.1 Å². The normalized spacial score (nSPS) is 15.8. The summed E-state index contributed by atoms with van der Waals surface area (Å²) in [6.07, 6.45) is -0.729. The number of hydrogen-bond acceptors (Lipinski definition) is 9. The molecule has 1 aliphatic heterocycles. The molecule has 206 valence electrons. The molecule has 3 N–H and O–H groups in total. The average Bonchev–Trinajstić information content (AvgIpc) is 3.45. The SMILES string of the molecule is CC(C)(C)OC(=O)CCC(NC(=O)OC(C)(C)C)C(=O)N1c2ccccc2CC1C(=O)NCc1nn[nH]n1. The number of para-hydroxylation sites is 1. The molecule has 0 radical (unpaired) electrons. The number of amides is 3. The number of H-pyrrole nitrogens is 1. The highest BCUT2D eigenvalue weighted by Gasteiger charge is 2.41. The minimum Gasteiger partial charge on any atom is -0.460 e. The number of benzene rings is 1. The van der Waals surface area contributed by atoms with E-state index in [0.29, 0.717) is 5.69 Å². The zero-order valence-corrected chi connectivity index (χ0v) is 22.5. The molecular weight excluding hydrogens is 494 g/mol. The van der Waals surface area contributed by atoms with Gasteiger partial charge in [0.05, 0.1) is 6.54 Å². The molecule has 0 saturated heterocycles. The lowest BCUT2D eigenvalue weighted by Crippen LogP contribution is -2.55. The van der Waals surface area contributed by atoms with Crippen molar-refractivity contribution in [3.8, 4) is 0 Å². The number of nitrogens with zero attached hydrogens (tertiary/aromatic N) is 4. The number of aromatic amines is 1. The lowest BCUT2D eigenvalue weighted by Gasteiger charge is -2.30. The maximum atomic E-state index is 13.9. The molecule has 2 aromatic rings. The number of nitrogens with one attached hydrogen (secondary N) is 3. The summed E-state index contributed by atoms with van der Waals surface area (Å²) >= 11 is 0. The van der Waals surface area contributed by atoms with Crippen LogP contribution in [0.25, 0.3) is 0 Å². The predicted octanol–water partition coefficient (Wildman–Crippen LogP) is 1.79. The van der Waals surface area contributed by atoms with Crippen molar-refractivity contribution in [3.63, 3.8) is 0 Å². The molecule has 0 saturated carbocycles. The monoisotopic (exact) mass is 529 g/mol. The van der Waals surface area contributed by atoms with Gasteiger partial charge < -0.3 is 20.1 Å². The third kappa shape index (κ3) is 7.98. The fourth-order valence-corrected chi connectivity index (χ4v) is 3.94. The third-order valence-electron chi connectivity index (χ3n) is 5.37. The predicted molar refractivity (Wildman–Crippen MR) is 136 cm³/mol. The summed E-state index contributed by atoms with van der Waals surface area (Å²) < 4.78 is 10.7. The number of rotatable bonds is 8. The Morgan fingerprint density at radius 3 is 2.39 bits per heavy atom. The molecule has 0 fully saturated rings. The fraction of sp³-hybridized carbons (Fsp3) is 0.560. The van der Waals surface area contributed by atoms with Crippen molar-refractivity contribution in [2.24, 2.45) is 0 Å². The minimum absolute atomic E-state index is 0.0163. The van der Waals surface area contributed by atoms with Gasteiger partial charge in [-0.1, -0.05) is 23.4 Å². The summed E-state index contributed by atoms with van der Waals surface area (Å²) in [7, 11) is 0. The van der Waals surface area contributed by atoms with Gasteiger partial charge in [0, 0.05) is 18.5 Å². The molecule has 0 aliphatic carbocycles. The van der Waals surface area contributed by atoms with Crippen LogP contribution in [0.1, 0.15) is 65.8 Å². The molecule has 1 aliphatic rings. The van der Waals surface area contributed by atoms with Gasteiger partial charge in [0.2, 0.25) is 11.8 Å². The fourth-order valence-electron chi connectivity index (χ4n) is 3.94. The van der Waals surface area contributed by atoms with Gasteiger partial charge in [-0.05, 0) is 59.6 Å². The number of ether oxygens (including phenoxy) is 2. The first kappa shape index (κ1) is 28.5. The Morgan fingerprint density at radius 2 is 1.76 bits per heavy atom. The van der Waals surface area contributed by atoms with Crippen LogP contribution in [0.4, 0.5) is 10.5 Å². The van der Waals surface area contributed by atoms with E-state index in [1.165, 1.54) is 4.90 Å². The molecule has 13 nitrogen and oxygen atoms in total. The number of tetrazole rings is 1. The molecule has 0 bridgehead atoms. The molecule has 38 heavy (non-hydrogen) atoms. The van der Waals surface area contributed by atoms with Crippen LogP contribution in [0.5, 0.6) is 0 Å². The van der Waals surface area contributed by atoms with Crippen LogP contribution < -0.4 is 15.5 Å². The second-order valence-corrected chi connectivity index (χ2v) is 10.9. The summed E-state index contributed by atoms with van der Waals surface area (Å²) in [6.45, 7) is 10.3. The van der Waals surface area contributed by atoms with Crippen LogP contribution in [0, 0.1) is 0 Å². The number of esters is 1. The van der Waals surface area contributed by atoms with E-state index in [1.54, 1.807) is 53.7 Å². The topological polar surface area (TPSA) is 168 Å². The van der Waals surface area contributed by atoms with Crippen LogP contribution in [0.3, 0.4) is 0 Å². The largest absolute Gasteiger partial charge is 0.460 e. The van der Waals surface area contributed by atoms with Gasteiger partial charge >= 0.3 is 12.1 Å². The second kappa shape index (κ2) is 11.6. The van der Waals surface area contributed by atoms with Gasteiger partial charge in [-0.25, -0.2) is 4.79 Å². The third-order valence-corrected chi connectivity index (χ3v) is 5.37. The molecule has 2 heterocycles. The van der Waals surface area contributed by atoms with Crippen molar-refractivity contribution < 1.29 is 28.7 Å². The maximum Gasteiger partial charge on any atom is 0.408 e. The van der Waals surface area contributed by atoms with Gasteiger partial charge in [-0.2, -0.15) is 5.21 Å². The van der Waals surface area contributed by atoms with Crippen LogP contribution in [-0.4, -0.2) is 67.8 Å². The summed E-state index contributed by atoms with van der Waals surface area (Å²) in [6, 6.07) is 5.10. The minimum atomic E-state index is -1.16. The van der Waals surface area contributed by atoms with Crippen molar-refractivity contribution in [1.82, 2.24) is 31.3 Å². The number of hydrogen-bond donors (Lipinski definition) is 3. The zero-order valence-electron chi connectivity index (χ0n) is 22.5. The molecular formula is C25H35N7O6. The van der Waals surface area contributed by atoms with Crippen molar-refractivity contribution in [2.75, 3.05) is 4.90 Å². The van der Waals surface area contributed by atoms with Gasteiger partial charge in [0.15, 0.2) is 5.82 Å². The van der Waals surface area contributed by atoms with Crippen LogP contribution in [-0.2, 0) is 36.8 Å². The van der Waals surface area contributed by atoms with Crippen LogP contribution in [0.2, 0.25) is 0 Å². The number of fused-ring (bicyclic) bond motifs is 1. The first-order valence-corrected chi connectivity index (χ1v) is 12.4. The number of carbonyl (C=O) groups excluding carboxylic acids is 4. The van der Waals surface area contributed by atoms with E-state index in [4.69, 9.17) is 9.47 Å². The van der Waals surface area contributed by atoms with E-state index in [-0.39, 0.29) is 31.6 Å². The van der Waals surface area contributed by atoms with E-state index < -0.39 is 47.2 Å². The molecule has 2 unspecified atom stereocenters. The van der Waals surface area contributed by atoms with Crippen LogP contribution in [0.15, 0.2) is 24.3 Å². The Balaban J connectivity index is 1.84. The van der Waals surface area contributed by atoms with E-state index in [0.717, 1.165) is 5.56 Å². The Bertz CT molecular complexity index is 1150. The van der Waals surface area contributed by atoms with Crippen LogP contribution >= 0.6 is 0 Å². The van der Waals surface area contributed by atoms with E-state index in [2.05, 4.69) is 31.3 Å². The summed E-state index contributed by atoms with van der Waals surface area (Å²) in [5.41, 5.74) is -0.166. The van der Waals surface area contributed by atoms with Gasteiger partial charge in [-0.3, -0.25) is 19.3 Å². The van der Waals surface area contributed by atoms with E-state index in [9.17, 15) is 19.2 Å². The second-order valence-electron chi connectivity index (χ2n) is 10.9. The number of anilines is 1. The molecule has 0 spiro atoms. The molecule has 13 heteroatoms. The molecule has 1 aromatic carbocycles. The van der Waals surface area contributed by atoms with E-state index >= 15 is 0 Å². The van der Waals surface area contributed by atoms with Gasteiger partial charge in [-0.15, -0.1) is 10.2 Å². The average molecular weight is 530 g/mol. The number of alkyl carbamates (subject to hydrolysis) is 1. The molecule has 3 amide bonds. The summed E-state index contributed by atoms with van der Waals surface area (Å²) in [4.78, 5) is 53.5. The lowest BCUT2D eigenvalue weighted by atomic mass is 10.1. The highest BCUT2D eigenvalue weighted by molar-refractivity contribution is 6.06. The number of carbonyl (C=O) groups is 4.